The minimum Gasteiger partial charge on any atom is -0.497 e. The third kappa shape index (κ3) is 2.38. The van der Waals surface area contributed by atoms with E-state index in [-0.39, 0.29) is 0 Å². The molecule has 1 aliphatic carbocycles. The van der Waals surface area contributed by atoms with Crippen LogP contribution in [-0.4, -0.2) is 14.2 Å². The summed E-state index contributed by atoms with van der Waals surface area (Å²) >= 11 is 0. The van der Waals surface area contributed by atoms with Crippen LogP contribution in [0.5, 0.6) is 5.75 Å². The van der Waals surface area contributed by atoms with Crippen LogP contribution in [0.25, 0.3) is 0 Å². The molecular formula is C14H21NO. The fraction of sp³-hybridized carbons (Fsp3) is 0.571. The molecule has 88 valence electrons. The molecule has 1 saturated carbocycles. The smallest absolute Gasteiger partial charge is 0.118 e. The predicted octanol–water partition coefficient (Wildman–Crippen LogP) is 3.15. The molecule has 0 saturated heterocycles. The maximum Gasteiger partial charge on any atom is 0.118 e. The summed E-state index contributed by atoms with van der Waals surface area (Å²) in [4.78, 5) is 0. The number of hydrogen-bond acceptors (Lipinski definition) is 2. The van der Waals surface area contributed by atoms with Crippen LogP contribution < -0.4 is 10.1 Å². The van der Waals surface area contributed by atoms with Crippen molar-refractivity contribution in [3.05, 3.63) is 29.8 Å². The van der Waals surface area contributed by atoms with E-state index in [1.165, 1.54) is 31.2 Å². The van der Waals surface area contributed by atoms with Gasteiger partial charge >= 0.3 is 0 Å². The van der Waals surface area contributed by atoms with E-state index in [4.69, 9.17) is 4.74 Å². The van der Waals surface area contributed by atoms with Gasteiger partial charge in [0.05, 0.1) is 7.11 Å². The third-order valence-electron chi connectivity index (χ3n) is 3.66. The van der Waals surface area contributed by atoms with Gasteiger partial charge < -0.3 is 10.1 Å². The van der Waals surface area contributed by atoms with Crippen molar-refractivity contribution in [3.63, 3.8) is 0 Å². The van der Waals surface area contributed by atoms with E-state index in [0.29, 0.717) is 6.04 Å². The van der Waals surface area contributed by atoms with Gasteiger partial charge in [0.1, 0.15) is 5.75 Å². The zero-order valence-corrected chi connectivity index (χ0v) is 10.2. The molecule has 2 nitrogen and oxygen atoms in total. The maximum atomic E-state index is 5.19. The molecule has 1 aliphatic rings. The van der Waals surface area contributed by atoms with Gasteiger partial charge in [-0.1, -0.05) is 25.0 Å². The lowest BCUT2D eigenvalue weighted by atomic mass is 9.92. The topological polar surface area (TPSA) is 21.3 Å². The molecule has 0 heterocycles. The molecule has 1 N–H and O–H groups in total. The van der Waals surface area contributed by atoms with Gasteiger partial charge in [0.2, 0.25) is 0 Å². The Hall–Kier alpha value is -1.02. The summed E-state index contributed by atoms with van der Waals surface area (Å²) in [5, 5.41) is 3.46. The first kappa shape index (κ1) is 11.5. The molecule has 16 heavy (non-hydrogen) atoms. The molecule has 0 bridgehead atoms. The van der Waals surface area contributed by atoms with Crippen LogP contribution in [0.2, 0.25) is 0 Å². The second-order valence-corrected chi connectivity index (χ2v) is 4.58. The lowest BCUT2D eigenvalue weighted by Crippen LogP contribution is -2.23. The van der Waals surface area contributed by atoms with Gasteiger partial charge in [-0.2, -0.15) is 0 Å². The van der Waals surface area contributed by atoms with Crippen molar-refractivity contribution in [2.45, 2.75) is 31.7 Å². The number of benzene rings is 1. The highest BCUT2D eigenvalue weighted by Crippen LogP contribution is 2.35. The van der Waals surface area contributed by atoms with Crippen molar-refractivity contribution in [1.82, 2.24) is 5.32 Å². The van der Waals surface area contributed by atoms with E-state index in [2.05, 4.69) is 36.6 Å². The molecular weight excluding hydrogens is 198 g/mol. The second-order valence-electron chi connectivity index (χ2n) is 4.58. The summed E-state index contributed by atoms with van der Waals surface area (Å²) < 4.78 is 5.19. The quantitative estimate of drug-likeness (QED) is 0.840. The summed E-state index contributed by atoms with van der Waals surface area (Å²) in [6.07, 6.45) is 5.49. The molecule has 1 aromatic rings. The van der Waals surface area contributed by atoms with E-state index in [0.717, 1.165) is 11.7 Å². The fourth-order valence-corrected chi connectivity index (χ4v) is 2.78. The van der Waals surface area contributed by atoms with E-state index in [1.807, 2.05) is 0 Å². The Morgan fingerprint density at radius 1 is 1.19 bits per heavy atom. The van der Waals surface area contributed by atoms with Crippen molar-refractivity contribution in [2.75, 3.05) is 14.2 Å². The molecule has 1 aromatic carbocycles. The van der Waals surface area contributed by atoms with Gasteiger partial charge in [-0.3, -0.25) is 0 Å². The number of methoxy groups -OCH3 is 1. The predicted molar refractivity (Wildman–Crippen MR) is 66.8 cm³/mol. The van der Waals surface area contributed by atoms with Crippen molar-refractivity contribution in [1.29, 1.82) is 0 Å². The molecule has 0 spiro atoms. The number of hydrogen-bond donors (Lipinski definition) is 1. The van der Waals surface area contributed by atoms with Crippen LogP contribution in [0.4, 0.5) is 0 Å². The largest absolute Gasteiger partial charge is 0.497 e. The highest BCUT2D eigenvalue weighted by molar-refractivity contribution is 5.29. The third-order valence-corrected chi connectivity index (χ3v) is 3.66. The SMILES string of the molecule is CNC(c1ccc(OC)cc1)C1CCCC1. The summed E-state index contributed by atoms with van der Waals surface area (Å²) in [6.45, 7) is 0. The Labute approximate surface area is 98.0 Å². The molecule has 1 atom stereocenters. The molecule has 0 amide bonds. The van der Waals surface area contributed by atoms with Crippen molar-refractivity contribution in [3.8, 4) is 5.75 Å². The van der Waals surface area contributed by atoms with Crippen LogP contribution in [0.1, 0.15) is 37.3 Å². The van der Waals surface area contributed by atoms with Crippen LogP contribution in [0.3, 0.4) is 0 Å². The first-order chi connectivity index (χ1) is 7.85. The van der Waals surface area contributed by atoms with Crippen LogP contribution in [0, 0.1) is 5.92 Å². The summed E-state index contributed by atoms with van der Waals surface area (Å²) in [6, 6.07) is 8.97. The summed E-state index contributed by atoms with van der Waals surface area (Å²) in [7, 11) is 3.77. The normalized spacial score (nSPS) is 18.6. The number of ether oxygens (including phenoxy) is 1. The highest BCUT2D eigenvalue weighted by atomic mass is 16.5. The lowest BCUT2D eigenvalue weighted by molar-refractivity contribution is 0.388. The molecule has 2 rings (SSSR count). The molecule has 1 unspecified atom stereocenters. The van der Waals surface area contributed by atoms with Crippen molar-refractivity contribution >= 4 is 0 Å². The summed E-state index contributed by atoms with van der Waals surface area (Å²) in [5.74, 6) is 1.74. The number of rotatable bonds is 4. The molecule has 2 heteroatoms. The van der Waals surface area contributed by atoms with Crippen LogP contribution in [-0.2, 0) is 0 Å². The summed E-state index contributed by atoms with van der Waals surface area (Å²) in [5.41, 5.74) is 1.38. The van der Waals surface area contributed by atoms with Gasteiger partial charge in [-0.05, 0) is 43.5 Å². The van der Waals surface area contributed by atoms with Gasteiger partial charge in [0.15, 0.2) is 0 Å². The van der Waals surface area contributed by atoms with Crippen molar-refractivity contribution in [2.24, 2.45) is 5.92 Å². The van der Waals surface area contributed by atoms with E-state index < -0.39 is 0 Å². The zero-order chi connectivity index (χ0) is 11.4. The second kappa shape index (κ2) is 5.35. The average molecular weight is 219 g/mol. The molecule has 1 fully saturated rings. The Bertz CT molecular complexity index is 314. The molecule has 0 radical (unpaired) electrons. The van der Waals surface area contributed by atoms with Gasteiger partial charge in [0.25, 0.3) is 0 Å². The average Bonchev–Trinajstić information content (AvgIpc) is 2.85. The van der Waals surface area contributed by atoms with Gasteiger partial charge in [0, 0.05) is 6.04 Å². The monoisotopic (exact) mass is 219 g/mol. The highest BCUT2D eigenvalue weighted by Gasteiger charge is 2.24. The minimum atomic E-state index is 0.508. The zero-order valence-electron chi connectivity index (χ0n) is 10.2. The Morgan fingerprint density at radius 3 is 2.31 bits per heavy atom. The Morgan fingerprint density at radius 2 is 1.81 bits per heavy atom. The van der Waals surface area contributed by atoms with Crippen LogP contribution in [0.15, 0.2) is 24.3 Å². The first-order valence-electron chi connectivity index (χ1n) is 6.16. The van der Waals surface area contributed by atoms with Crippen molar-refractivity contribution < 1.29 is 4.74 Å². The molecule has 0 aliphatic heterocycles. The Balaban J connectivity index is 2.12. The van der Waals surface area contributed by atoms with E-state index in [9.17, 15) is 0 Å². The lowest BCUT2D eigenvalue weighted by Gasteiger charge is -2.23. The van der Waals surface area contributed by atoms with E-state index in [1.54, 1.807) is 7.11 Å². The van der Waals surface area contributed by atoms with Gasteiger partial charge in [-0.25, -0.2) is 0 Å². The van der Waals surface area contributed by atoms with Crippen LogP contribution >= 0.6 is 0 Å². The Kier molecular flexibility index (Phi) is 3.83. The number of nitrogens with one attached hydrogen (secondary N) is 1. The maximum absolute atomic E-state index is 5.19. The minimum absolute atomic E-state index is 0.508. The van der Waals surface area contributed by atoms with E-state index >= 15 is 0 Å². The standard InChI is InChI=1S/C14H21NO/c1-15-14(11-5-3-4-6-11)12-7-9-13(16-2)10-8-12/h7-11,14-15H,3-6H2,1-2H3. The fourth-order valence-electron chi connectivity index (χ4n) is 2.78. The first-order valence-corrected chi connectivity index (χ1v) is 6.16. The molecule has 0 aromatic heterocycles. The van der Waals surface area contributed by atoms with Gasteiger partial charge in [-0.15, -0.1) is 0 Å².